The molecule has 0 fully saturated rings. The average molecular weight is 306 g/mol. The maximum atomic E-state index is 5.27. The smallest absolute Gasteiger partial charge is 0.229 e. The first-order valence-corrected chi connectivity index (χ1v) is 7.92. The van der Waals surface area contributed by atoms with Crippen LogP contribution in [0.15, 0.2) is 29.8 Å². The number of nitrogens with zero attached hydrogens (tertiary/aromatic N) is 2. The minimum Gasteiger partial charge on any atom is -0.360 e. The van der Waals surface area contributed by atoms with Gasteiger partial charge in [-0.2, -0.15) is 0 Å². The van der Waals surface area contributed by atoms with Crippen molar-refractivity contribution in [2.24, 2.45) is 0 Å². The first-order chi connectivity index (χ1) is 9.69. The number of hydrogen-bond acceptors (Lipinski definition) is 4. The van der Waals surface area contributed by atoms with E-state index in [1.54, 1.807) is 17.5 Å². The fourth-order valence-electron chi connectivity index (χ4n) is 1.85. The molecule has 0 bridgehead atoms. The second-order valence-electron chi connectivity index (χ2n) is 4.53. The maximum Gasteiger partial charge on any atom is 0.229 e. The minimum atomic E-state index is 0.348. The lowest BCUT2D eigenvalue weighted by atomic mass is 10.2. The van der Waals surface area contributed by atoms with Crippen molar-refractivity contribution in [1.29, 1.82) is 0 Å². The lowest BCUT2D eigenvalue weighted by molar-refractivity contribution is 0.599. The molecule has 0 aliphatic rings. The van der Waals surface area contributed by atoms with Gasteiger partial charge in [0.25, 0.3) is 0 Å². The van der Waals surface area contributed by atoms with E-state index in [2.05, 4.69) is 34.4 Å². The Kier molecular flexibility index (Phi) is 5.43. The maximum absolute atomic E-state index is 5.27. The van der Waals surface area contributed by atoms with Gasteiger partial charge in [-0.25, -0.2) is 9.97 Å². The molecule has 2 heterocycles. The topological polar surface area (TPSA) is 49.8 Å². The second-order valence-corrected chi connectivity index (χ2v) is 5.89. The van der Waals surface area contributed by atoms with Crippen molar-refractivity contribution in [1.82, 2.24) is 15.3 Å². The SMILES string of the molecule is CCC[C@@H](C)NC(=S)Nc1nccc(-c2cccs2)n1. The van der Waals surface area contributed by atoms with E-state index < -0.39 is 0 Å². The Hall–Kier alpha value is -1.53. The van der Waals surface area contributed by atoms with E-state index in [0.717, 1.165) is 23.4 Å². The third-order valence-corrected chi connectivity index (χ3v) is 3.87. The van der Waals surface area contributed by atoms with Gasteiger partial charge in [-0.3, -0.25) is 0 Å². The Morgan fingerprint density at radius 3 is 3.00 bits per heavy atom. The van der Waals surface area contributed by atoms with Crippen LogP contribution in [0.2, 0.25) is 0 Å². The fourth-order valence-corrected chi connectivity index (χ4v) is 2.83. The molecule has 0 aromatic carbocycles. The first kappa shape index (κ1) is 14.9. The van der Waals surface area contributed by atoms with Gasteiger partial charge in [-0.1, -0.05) is 19.4 Å². The molecule has 1 atom stereocenters. The van der Waals surface area contributed by atoms with Gasteiger partial charge in [0, 0.05) is 12.2 Å². The number of thiophene rings is 1. The van der Waals surface area contributed by atoms with Crippen molar-refractivity contribution in [3.05, 3.63) is 29.8 Å². The molecule has 2 rings (SSSR count). The molecule has 0 saturated heterocycles. The van der Waals surface area contributed by atoms with Gasteiger partial charge in [0.1, 0.15) is 0 Å². The molecule has 0 aliphatic heterocycles. The zero-order chi connectivity index (χ0) is 14.4. The van der Waals surface area contributed by atoms with E-state index in [1.165, 1.54) is 0 Å². The van der Waals surface area contributed by atoms with E-state index in [4.69, 9.17) is 12.2 Å². The van der Waals surface area contributed by atoms with Crippen LogP contribution in [0.5, 0.6) is 0 Å². The van der Waals surface area contributed by atoms with Gasteiger partial charge < -0.3 is 10.6 Å². The highest BCUT2D eigenvalue weighted by Gasteiger charge is 2.06. The van der Waals surface area contributed by atoms with E-state index >= 15 is 0 Å². The van der Waals surface area contributed by atoms with Gasteiger partial charge in [-0.15, -0.1) is 11.3 Å². The van der Waals surface area contributed by atoms with Gasteiger partial charge in [0.05, 0.1) is 10.6 Å². The standard InChI is InChI=1S/C14H18N4S2/c1-3-5-10(2)16-14(19)18-13-15-8-7-11(17-13)12-6-4-9-20-12/h4,6-10H,3,5H2,1-2H3,(H2,15,16,17,18,19)/t10-/m1/s1. The van der Waals surface area contributed by atoms with E-state index in [-0.39, 0.29) is 0 Å². The molecule has 0 spiro atoms. The summed E-state index contributed by atoms with van der Waals surface area (Å²) >= 11 is 6.92. The Morgan fingerprint density at radius 1 is 1.45 bits per heavy atom. The van der Waals surface area contributed by atoms with Crippen molar-refractivity contribution in [3.8, 4) is 10.6 Å². The van der Waals surface area contributed by atoms with Crippen molar-refractivity contribution in [3.63, 3.8) is 0 Å². The molecule has 0 aliphatic carbocycles. The first-order valence-electron chi connectivity index (χ1n) is 6.63. The zero-order valence-electron chi connectivity index (χ0n) is 11.6. The molecule has 2 N–H and O–H groups in total. The molecule has 0 saturated carbocycles. The third kappa shape index (κ3) is 4.25. The molecular formula is C14H18N4S2. The number of anilines is 1. The predicted molar refractivity (Wildman–Crippen MR) is 89.1 cm³/mol. The van der Waals surface area contributed by atoms with Crippen LogP contribution < -0.4 is 10.6 Å². The van der Waals surface area contributed by atoms with Crippen LogP contribution in [0.25, 0.3) is 10.6 Å². The average Bonchev–Trinajstić information content (AvgIpc) is 2.92. The summed E-state index contributed by atoms with van der Waals surface area (Å²) in [6, 6.07) is 6.29. The van der Waals surface area contributed by atoms with Crippen molar-refractivity contribution in [2.75, 3.05) is 5.32 Å². The highest BCUT2D eigenvalue weighted by atomic mass is 32.1. The van der Waals surface area contributed by atoms with Crippen LogP contribution in [-0.2, 0) is 0 Å². The Labute approximate surface area is 128 Å². The van der Waals surface area contributed by atoms with E-state index in [0.29, 0.717) is 17.1 Å². The minimum absolute atomic E-state index is 0.348. The van der Waals surface area contributed by atoms with Crippen molar-refractivity contribution in [2.45, 2.75) is 32.7 Å². The number of nitrogens with one attached hydrogen (secondary N) is 2. The molecule has 106 valence electrons. The summed E-state index contributed by atoms with van der Waals surface area (Å²) in [5, 5.41) is 8.86. The summed E-state index contributed by atoms with van der Waals surface area (Å²) in [5.74, 6) is 0.525. The Bertz CT molecular complexity index is 554. The second kappa shape index (κ2) is 7.31. The molecule has 6 heteroatoms. The fraction of sp³-hybridized carbons (Fsp3) is 0.357. The van der Waals surface area contributed by atoms with Crippen LogP contribution in [-0.4, -0.2) is 21.1 Å². The van der Waals surface area contributed by atoms with Crippen LogP contribution in [0, 0.1) is 0 Å². The molecule has 2 aromatic rings. The van der Waals surface area contributed by atoms with E-state index in [1.807, 2.05) is 23.6 Å². The van der Waals surface area contributed by atoms with Gasteiger partial charge >= 0.3 is 0 Å². The normalized spacial score (nSPS) is 11.9. The number of aromatic nitrogens is 2. The predicted octanol–water partition coefficient (Wildman–Crippen LogP) is 3.68. The van der Waals surface area contributed by atoms with Crippen LogP contribution in [0.3, 0.4) is 0 Å². The molecule has 0 radical (unpaired) electrons. The summed E-state index contributed by atoms with van der Waals surface area (Å²) in [5.41, 5.74) is 0.905. The highest BCUT2D eigenvalue weighted by molar-refractivity contribution is 7.80. The molecule has 4 nitrogen and oxygen atoms in total. The molecule has 2 aromatic heterocycles. The number of rotatable bonds is 5. The molecule has 20 heavy (non-hydrogen) atoms. The summed E-state index contributed by atoms with van der Waals surface area (Å²) in [6.45, 7) is 4.27. The lowest BCUT2D eigenvalue weighted by Gasteiger charge is -2.15. The summed E-state index contributed by atoms with van der Waals surface area (Å²) < 4.78 is 0. The zero-order valence-corrected chi connectivity index (χ0v) is 13.2. The summed E-state index contributed by atoms with van der Waals surface area (Å²) in [6.07, 6.45) is 3.95. The van der Waals surface area contributed by atoms with Crippen LogP contribution in [0.1, 0.15) is 26.7 Å². The van der Waals surface area contributed by atoms with Gasteiger partial charge in [-0.05, 0) is 43.1 Å². The van der Waals surface area contributed by atoms with Gasteiger partial charge in [0.15, 0.2) is 5.11 Å². The molecule has 0 amide bonds. The van der Waals surface area contributed by atoms with Crippen LogP contribution >= 0.6 is 23.6 Å². The third-order valence-electron chi connectivity index (χ3n) is 2.75. The lowest BCUT2D eigenvalue weighted by Crippen LogP contribution is -2.36. The quantitative estimate of drug-likeness (QED) is 0.825. The monoisotopic (exact) mass is 306 g/mol. The number of hydrogen-bond donors (Lipinski definition) is 2. The van der Waals surface area contributed by atoms with Crippen molar-refractivity contribution < 1.29 is 0 Å². The Morgan fingerprint density at radius 2 is 2.30 bits per heavy atom. The highest BCUT2D eigenvalue weighted by Crippen LogP contribution is 2.22. The summed E-state index contributed by atoms with van der Waals surface area (Å²) in [4.78, 5) is 9.79. The van der Waals surface area contributed by atoms with E-state index in [9.17, 15) is 0 Å². The largest absolute Gasteiger partial charge is 0.360 e. The summed E-state index contributed by atoms with van der Waals surface area (Å²) in [7, 11) is 0. The van der Waals surface area contributed by atoms with Crippen molar-refractivity contribution >= 4 is 34.6 Å². The number of thiocarbonyl (C=S) groups is 1. The van der Waals surface area contributed by atoms with Gasteiger partial charge in [0.2, 0.25) is 5.95 Å². The van der Waals surface area contributed by atoms with Crippen LogP contribution in [0.4, 0.5) is 5.95 Å². The molecule has 0 unspecified atom stereocenters. The molecular weight excluding hydrogens is 288 g/mol. The Balaban J connectivity index is 1.99.